The molecule has 0 aromatic carbocycles. The van der Waals surface area contributed by atoms with E-state index in [1.807, 2.05) is 0 Å². The molecule has 2 heterocycles. The van der Waals surface area contributed by atoms with Crippen molar-refractivity contribution in [3.63, 3.8) is 0 Å². The minimum atomic E-state index is -1.43. The fraction of sp³-hybridized carbons (Fsp3) is 0.750. The maximum absolute atomic E-state index is 12.5. The Bertz CT molecular complexity index is 645. The highest BCUT2D eigenvalue weighted by molar-refractivity contribution is 5.91. The van der Waals surface area contributed by atoms with Crippen LogP contribution in [0, 0.1) is 11.8 Å². The van der Waals surface area contributed by atoms with Crippen LogP contribution in [0.1, 0.15) is 40.0 Å². The molecule has 152 valence electrons. The Labute approximate surface area is 159 Å². The van der Waals surface area contributed by atoms with Crippen LogP contribution in [0.25, 0.3) is 0 Å². The normalized spacial score (nSPS) is 41.0. The second-order valence-electron chi connectivity index (χ2n) is 8.84. The molecule has 7 nitrogen and oxygen atoms in total. The lowest BCUT2D eigenvalue weighted by Gasteiger charge is -2.29. The predicted molar refractivity (Wildman–Crippen MR) is 96.6 cm³/mol. The van der Waals surface area contributed by atoms with Gasteiger partial charge in [0.05, 0.1) is 23.9 Å². The first-order chi connectivity index (χ1) is 12.5. The Balaban J connectivity index is 1.89. The maximum Gasteiger partial charge on any atom is 0.334 e. The largest absolute Gasteiger partial charge is 0.452 e. The smallest absolute Gasteiger partial charge is 0.334 e. The summed E-state index contributed by atoms with van der Waals surface area (Å²) < 4.78 is 10.9. The van der Waals surface area contributed by atoms with E-state index in [1.54, 1.807) is 6.92 Å². The summed E-state index contributed by atoms with van der Waals surface area (Å²) >= 11 is 0. The Morgan fingerprint density at radius 3 is 2.70 bits per heavy atom. The lowest BCUT2D eigenvalue weighted by atomic mass is 9.77. The SMILES string of the molecule is C=C1CC2OC2C(C)(O)CCC(C2=CC(C(O)C(C)(C)O)OC2=O)C1CO. The second kappa shape index (κ2) is 6.97. The van der Waals surface area contributed by atoms with Crippen molar-refractivity contribution in [3.8, 4) is 0 Å². The van der Waals surface area contributed by atoms with Gasteiger partial charge in [0.2, 0.25) is 0 Å². The fourth-order valence-corrected chi connectivity index (χ4v) is 4.26. The average molecular weight is 382 g/mol. The zero-order chi connectivity index (χ0) is 20.1. The Kier molecular flexibility index (Phi) is 5.29. The number of hydrogen-bond donors (Lipinski definition) is 4. The van der Waals surface area contributed by atoms with Gasteiger partial charge in [-0.15, -0.1) is 0 Å². The van der Waals surface area contributed by atoms with E-state index >= 15 is 0 Å². The van der Waals surface area contributed by atoms with Crippen molar-refractivity contribution in [1.29, 1.82) is 0 Å². The van der Waals surface area contributed by atoms with Crippen molar-refractivity contribution >= 4 is 5.97 Å². The minimum Gasteiger partial charge on any atom is -0.452 e. The third-order valence-electron chi connectivity index (χ3n) is 6.08. The molecule has 0 aromatic rings. The van der Waals surface area contributed by atoms with E-state index in [0.717, 1.165) is 5.57 Å². The highest BCUT2D eigenvalue weighted by Crippen LogP contribution is 2.46. The number of fused-ring (bicyclic) bond motifs is 1. The van der Waals surface area contributed by atoms with Crippen molar-refractivity contribution in [3.05, 3.63) is 23.8 Å². The number of hydrogen-bond acceptors (Lipinski definition) is 7. The summed E-state index contributed by atoms with van der Waals surface area (Å²) in [7, 11) is 0. The Morgan fingerprint density at radius 1 is 1.44 bits per heavy atom. The van der Waals surface area contributed by atoms with Crippen LogP contribution >= 0.6 is 0 Å². The maximum atomic E-state index is 12.5. The van der Waals surface area contributed by atoms with Crippen LogP contribution in [0.3, 0.4) is 0 Å². The minimum absolute atomic E-state index is 0.116. The van der Waals surface area contributed by atoms with Crippen molar-refractivity contribution in [2.75, 3.05) is 6.61 Å². The summed E-state index contributed by atoms with van der Waals surface area (Å²) in [5, 5.41) is 41.0. The molecule has 0 aromatic heterocycles. The van der Waals surface area contributed by atoms with E-state index in [-0.39, 0.29) is 24.7 Å². The number of esters is 1. The van der Waals surface area contributed by atoms with Crippen LogP contribution in [0.4, 0.5) is 0 Å². The molecule has 1 saturated carbocycles. The summed E-state index contributed by atoms with van der Waals surface area (Å²) in [4.78, 5) is 12.5. The van der Waals surface area contributed by atoms with Gasteiger partial charge in [0, 0.05) is 11.5 Å². The summed E-state index contributed by atoms with van der Waals surface area (Å²) in [6, 6.07) is 0. The number of ether oxygens (including phenoxy) is 2. The molecule has 3 rings (SSSR count). The van der Waals surface area contributed by atoms with Crippen molar-refractivity contribution < 1.29 is 34.7 Å². The highest BCUT2D eigenvalue weighted by Gasteiger charge is 2.53. The topological polar surface area (TPSA) is 120 Å². The van der Waals surface area contributed by atoms with Crippen molar-refractivity contribution in [2.45, 2.75) is 75.7 Å². The number of aliphatic hydroxyl groups is 4. The Hall–Kier alpha value is -1.25. The highest BCUT2D eigenvalue weighted by atomic mass is 16.6. The molecule has 2 aliphatic heterocycles. The first-order valence-electron chi connectivity index (χ1n) is 9.45. The average Bonchev–Trinajstić information content (AvgIpc) is 3.23. The van der Waals surface area contributed by atoms with E-state index < -0.39 is 35.3 Å². The molecular formula is C20H30O7. The summed E-state index contributed by atoms with van der Waals surface area (Å²) in [6.07, 6.45) is 0.286. The van der Waals surface area contributed by atoms with Gasteiger partial charge in [0.25, 0.3) is 0 Å². The van der Waals surface area contributed by atoms with Crippen molar-refractivity contribution in [2.24, 2.45) is 11.8 Å². The zero-order valence-corrected chi connectivity index (χ0v) is 16.1. The second-order valence-corrected chi connectivity index (χ2v) is 8.84. The monoisotopic (exact) mass is 382 g/mol. The molecule has 7 atom stereocenters. The van der Waals surface area contributed by atoms with Gasteiger partial charge in [0.15, 0.2) is 0 Å². The molecule has 0 spiro atoms. The third kappa shape index (κ3) is 3.98. The molecule has 1 aliphatic carbocycles. The van der Waals surface area contributed by atoms with Gasteiger partial charge in [-0.05, 0) is 52.0 Å². The molecule has 0 bridgehead atoms. The van der Waals surface area contributed by atoms with Gasteiger partial charge >= 0.3 is 5.97 Å². The number of carbonyl (C=O) groups excluding carboxylic acids is 1. The standard InChI is InChI=1S/C20H30O7/c1-10-7-15-17(26-15)20(4,25)6-5-11(13(10)9-21)12-8-14(27-18(12)23)16(22)19(2,3)24/h8,11,13-17,21-22,24-25H,1,5-7,9H2,2-4H3. The Morgan fingerprint density at radius 2 is 2.11 bits per heavy atom. The van der Waals surface area contributed by atoms with E-state index in [9.17, 15) is 25.2 Å². The first-order valence-corrected chi connectivity index (χ1v) is 9.45. The molecule has 0 amide bonds. The van der Waals surface area contributed by atoms with E-state index in [2.05, 4.69) is 6.58 Å². The van der Waals surface area contributed by atoms with E-state index in [0.29, 0.717) is 24.8 Å². The van der Waals surface area contributed by atoms with Gasteiger partial charge in [-0.25, -0.2) is 4.79 Å². The molecule has 0 radical (unpaired) electrons. The third-order valence-corrected chi connectivity index (χ3v) is 6.08. The van der Waals surface area contributed by atoms with Gasteiger partial charge in [-0.3, -0.25) is 0 Å². The van der Waals surface area contributed by atoms with E-state index in [1.165, 1.54) is 19.9 Å². The van der Waals surface area contributed by atoms with Gasteiger partial charge in [-0.2, -0.15) is 0 Å². The molecule has 3 aliphatic rings. The van der Waals surface area contributed by atoms with Crippen LogP contribution in [0.5, 0.6) is 0 Å². The van der Waals surface area contributed by atoms with Crippen molar-refractivity contribution in [1.82, 2.24) is 0 Å². The number of cyclic esters (lactones) is 1. The quantitative estimate of drug-likeness (QED) is 0.317. The molecule has 7 heteroatoms. The molecular weight excluding hydrogens is 352 g/mol. The first kappa shape index (κ1) is 20.5. The zero-order valence-electron chi connectivity index (χ0n) is 16.1. The van der Waals surface area contributed by atoms with Crippen LogP contribution < -0.4 is 0 Å². The number of carbonyl (C=O) groups is 1. The van der Waals surface area contributed by atoms with Crippen LogP contribution in [-0.2, 0) is 14.3 Å². The molecule has 7 unspecified atom stereocenters. The van der Waals surface area contributed by atoms with Crippen LogP contribution in [0.15, 0.2) is 23.8 Å². The van der Waals surface area contributed by atoms with E-state index in [4.69, 9.17) is 9.47 Å². The molecule has 27 heavy (non-hydrogen) atoms. The summed E-state index contributed by atoms with van der Waals surface area (Å²) in [5.74, 6) is -1.33. The van der Waals surface area contributed by atoms with Gasteiger partial charge < -0.3 is 29.9 Å². The van der Waals surface area contributed by atoms with Crippen LogP contribution in [0.2, 0.25) is 0 Å². The molecule has 1 saturated heterocycles. The van der Waals surface area contributed by atoms with Gasteiger partial charge in [0.1, 0.15) is 18.3 Å². The number of epoxide rings is 1. The lowest BCUT2D eigenvalue weighted by molar-refractivity contribution is -0.152. The fourth-order valence-electron chi connectivity index (χ4n) is 4.26. The summed E-state index contributed by atoms with van der Waals surface area (Å²) in [5.41, 5.74) is -1.33. The van der Waals surface area contributed by atoms with Crippen LogP contribution in [-0.4, -0.2) is 68.6 Å². The lowest BCUT2D eigenvalue weighted by Crippen LogP contribution is -2.44. The predicted octanol–water partition coefficient (Wildman–Crippen LogP) is 0.453. The molecule has 4 N–H and O–H groups in total. The summed E-state index contributed by atoms with van der Waals surface area (Å²) in [6.45, 7) is 8.50. The molecule has 2 fully saturated rings. The van der Waals surface area contributed by atoms with Gasteiger partial charge in [-0.1, -0.05) is 12.2 Å². The number of aliphatic hydroxyl groups excluding tert-OH is 2. The number of rotatable bonds is 4.